The van der Waals surface area contributed by atoms with Crippen LogP contribution < -0.4 is 10.5 Å². The predicted octanol–water partition coefficient (Wildman–Crippen LogP) is 2.69. The lowest BCUT2D eigenvalue weighted by Crippen LogP contribution is -2.14. The molecule has 0 aliphatic heterocycles. The zero-order valence-corrected chi connectivity index (χ0v) is 11.1. The van der Waals surface area contributed by atoms with Crippen molar-refractivity contribution in [1.29, 1.82) is 0 Å². The first kappa shape index (κ1) is 13.2. The molecule has 19 heavy (non-hydrogen) atoms. The normalized spacial score (nSPS) is 11.3. The summed E-state index contributed by atoms with van der Waals surface area (Å²) in [6.07, 6.45) is 5.06. The van der Waals surface area contributed by atoms with Crippen molar-refractivity contribution in [2.45, 2.75) is 4.90 Å². The summed E-state index contributed by atoms with van der Waals surface area (Å²) in [5.74, 6) is 1.13. The van der Waals surface area contributed by atoms with Gasteiger partial charge in [0.2, 0.25) is 0 Å². The summed E-state index contributed by atoms with van der Waals surface area (Å²) in [7, 11) is 0. The molecule has 0 fully saturated rings. The van der Waals surface area contributed by atoms with E-state index in [0.29, 0.717) is 17.1 Å². The number of hydrogen-bond acceptors (Lipinski definition) is 5. The quantitative estimate of drug-likeness (QED) is 0.295. The van der Waals surface area contributed by atoms with Crippen LogP contribution in [0.4, 0.5) is 0 Å². The maximum Gasteiger partial charge on any atom is 0.173 e. The van der Waals surface area contributed by atoms with E-state index in [1.54, 1.807) is 24.0 Å². The SMILES string of the molecule is CSc1ccccc1Oc1cnccc1/C(N)=N/O. The Hall–Kier alpha value is -2.21. The fraction of sp³-hybridized carbons (Fsp3) is 0.0769. The second-order valence-electron chi connectivity index (χ2n) is 3.61. The van der Waals surface area contributed by atoms with Crippen LogP contribution in [0.1, 0.15) is 5.56 Å². The molecule has 6 heteroatoms. The molecular weight excluding hydrogens is 262 g/mol. The van der Waals surface area contributed by atoms with Crippen molar-refractivity contribution < 1.29 is 9.94 Å². The third-order valence-corrected chi connectivity index (χ3v) is 3.23. The van der Waals surface area contributed by atoms with Crippen molar-refractivity contribution in [3.63, 3.8) is 0 Å². The van der Waals surface area contributed by atoms with E-state index < -0.39 is 0 Å². The zero-order chi connectivity index (χ0) is 13.7. The van der Waals surface area contributed by atoms with Crippen LogP contribution in [0.5, 0.6) is 11.5 Å². The molecule has 0 bridgehead atoms. The highest BCUT2D eigenvalue weighted by molar-refractivity contribution is 7.98. The van der Waals surface area contributed by atoms with Gasteiger partial charge in [-0.15, -0.1) is 11.8 Å². The summed E-state index contributed by atoms with van der Waals surface area (Å²) in [6, 6.07) is 9.27. The highest BCUT2D eigenvalue weighted by Gasteiger charge is 2.11. The van der Waals surface area contributed by atoms with Crippen molar-refractivity contribution in [2.75, 3.05) is 6.26 Å². The lowest BCUT2D eigenvalue weighted by molar-refractivity contribution is 0.318. The number of amidine groups is 1. The Morgan fingerprint density at radius 1 is 1.32 bits per heavy atom. The Balaban J connectivity index is 2.39. The van der Waals surface area contributed by atoms with Gasteiger partial charge in [-0.25, -0.2) is 0 Å². The van der Waals surface area contributed by atoms with E-state index in [4.69, 9.17) is 15.7 Å². The fourth-order valence-electron chi connectivity index (χ4n) is 1.55. The third kappa shape index (κ3) is 2.97. The van der Waals surface area contributed by atoms with Crippen LogP contribution in [0.15, 0.2) is 52.8 Å². The monoisotopic (exact) mass is 275 g/mol. The second kappa shape index (κ2) is 6.10. The highest BCUT2D eigenvalue weighted by Crippen LogP contribution is 2.32. The zero-order valence-electron chi connectivity index (χ0n) is 10.3. The van der Waals surface area contributed by atoms with Crippen LogP contribution in [-0.2, 0) is 0 Å². The van der Waals surface area contributed by atoms with E-state index in [2.05, 4.69) is 10.1 Å². The molecule has 1 heterocycles. The molecule has 0 aliphatic rings. The molecule has 98 valence electrons. The Labute approximate surface area is 115 Å². The van der Waals surface area contributed by atoms with E-state index in [-0.39, 0.29) is 5.84 Å². The molecule has 0 unspecified atom stereocenters. The minimum Gasteiger partial charge on any atom is -0.454 e. The molecule has 0 amide bonds. The predicted molar refractivity (Wildman–Crippen MR) is 75.0 cm³/mol. The third-order valence-electron chi connectivity index (χ3n) is 2.46. The lowest BCUT2D eigenvalue weighted by Gasteiger charge is -2.11. The molecule has 3 N–H and O–H groups in total. The molecule has 2 aromatic rings. The van der Waals surface area contributed by atoms with Gasteiger partial charge in [0, 0.05) is 11.1 Å². The molecule has 0 saturated heterocycles. The number of oxime groups is 1. The lowest BCUT2D eigenvalue weighted by atomic mass is 10.2. The van der Waals surface area contributed by atoms with Gasteiger partial charge in [0.05, 0.1) is 11.8 Å². The molecule has 0 spiro atoms. The van der Waals surface area contributed by atoms with Gasteiger partial charge in [-0.3, -0.25) is 4.98 Å². The van der Waals surface area contributed by atoms with Gasteiger partial charge < -0.3 is 15.7 Å². The van der Waals surface area contributed by atoms with Gasteiger partial charge in [-0.1, -0.05) is 17.3 Å². The number of nitrogens with zero attached hydrogens (tertiary/aromatic N) is 2. The molecule has 1 aromatic heterocycles. The largest absolute Gasteiger partial charge is 0.454 e. The minimum absolute atomic E-state index is 0.0148. The van der Waals surface area contributed by atoms with Crippen LogP contribution in [-0.4, -0.2) is 22.3 Å². The van der Waals surface area contributed by atoms with Crippen LogP contribution in [0.25, 0.3) is 0 Å². The standard InChI is InChI=1S/C13H13N3O2S/c1-19-12-5-3-2-4-10(12)18-11-8-15-7-6-9(11)13(14)16-17/h2-8,17H,1H3,(H2,14,16). The number of pyridine rings is 1. The maximum absolute atomic E-state index is 8.76. The fourth-order valence-corrected chi connectivity index (χ4v) is 2.07. The van der Waals surface area contributed by atoms with E-state index in [1.165, 1.54) is 6.20 Å². The number of aromatic nitrogens is 1. The van der Waals surface area contributed by atoms with Crippen LogP contribution in [0.2, 0.25) is 0 Å². The smallest absolute Gasteiger partial charge is 0.173 e. The van der Waals surface area contributed by atoms with Crippen molar-refractivity contribution in [2.24, 2.45) is 10.9 Å². The molecule has 1 aromatic carbocycles. The van der Waals surface area contributed by atoms with E-state index in [9.17, 15) is 0 Å². The van der Waals surface area contributed by atoms with Gasteiger partial charge in [-0.05, 0) is 24.5 Å². The molecule has 0 radical (unpaired) electrons. The average Bonchev–Trinajstić information content (AvgIpc) is 2.47. The Bertz CT molecular complexity index is 602. The van der Waals surface area contributed by atoms with E-state index >= 15 is 0 Å². The Morgan fingerprint density at radius 2 is 2.11 bits per heavy atom. The van der Waals surface area contributed by atoms with E-state index in [1.807, 2.05) is 30.5 Å². The van der Waals surface area contributed by atoms with Crippen molar-refractivity contribution in [1.82, 2.24) is 4.98 Å². The van der Waals surface area contributed by atoms with Gasteiger partial charge in [-0.2, -0.15) is 0 Å². The van der Waals surface area contributed by atoms with Gasteiger partial charge in [0.1, 0.15) is 5.75 Å². The topological polar surface area (TPSA) is 80.7 Å². The van der Waals surface area contributed by atoms with Crippen LogP contribution in [0, 0.1) is 0 Å². The summed E-state index contributed by atoms with van der Waals surface area (Å²) in [5, 5.41) is 11.7. The number of thioether (sulfide) groups is 1. The van der Waals surface area contributed by atoms with Gasteiger partial charge >= 0.3 is 0 Å². The summed E-state index contributed by atoms with van der Waals surface area (Å²) in [6.45, 7) is 0. The first-order chi connectivity index (χ1) is 9.26. The second-order valence-corrected chi connectivity index (χ2v) is 4.46. The molecule has 5 nitrogen and oxygen atoms in total. The van der Waals surface area contributed by atoms with Gasteiger partial charge in [0.25, 0.3) is 0 Å². The summed E-state index contributed by atoms with van der Waals surface area (Å²) in [5.41, 5.74) is 6.10. The maximum atomic E-state index is 8.76. The number of para-hydroxylation sites is 1. The average molecular weight is 275 g/mol. The summed E-state index contributed by atoms with van der Waals surface area (Å²) < 4.78 is 5.80. The number of benzene rings is 1. The first-order valence-electron chi connectivity index (χ1n) is 5.49. The van der Waals surface area contributed by atoms with Crippen LogP contribution >= 0.6 is 11.8 Å². The number of nitrogens with two attached hydrogens (primary N) is 1. The molecule has 2 rings (SSSR count). The van der Waals surface area contributed by atoms with Crippen molar-refractivity contribution >= 4 is 17.6 Å². The van der Waals surface area contributed by atoms with Crippen molar-refractivity contribution in [3.8, 4) is 11.5 Å². The Kier molecular flexibility index (Phi) is 4.25. The molecule has 0 atom stereocenters. The summed E-state index contributed by atoms with van der Waals surface area (Å²) >= 11 is 1.58. The van der Waals surface area contributed by atoms with Gasteiger partial charge in [0.15, 0.2) is 11.6 Å². The Morgan fingerprint density at radius 3 is 2.84 bits per heavy atom. The highest BCUT2D eigenvalue weighted by atomic mass is 32.2. The minimum atomic E-state index is -0.0148. The molecule has 0 saturated carbocycles. The van der Waals surface area contributed by atoms with Crippen molar-refractivity contribution in [3.05, 3.63) is 48.3 Å². The first-order valence-corrected chi connectivity index (χ1v) is 6.71. The van der Waals surface area contributed by atoms with E-state index in [0.717, 1.165) is 4.90 Å². The summed E-state index contributed by atoms with van der Waals surface area (Å²) in [4.78, 5) is 4.99. The van der Waals surface area contributed by atoms with Crippen LogP contribution in [0.3, 0.4) is 0 Å². The molecule has 0 aliphatic carbocycles. The number of rotatable bonds is 4. The number of ether oxygens (including phenoxy) is 1. The molecular formula is C13H13N3O2S. The number of hydrogen-bond donors (Lipinski definition) is 2.